The van der Waals surface area contributed by atoms with Crippen LogP contribution in [-0.2, 0) is 11.3 Å². The molecule has 0 aromatic carbocycles. The van der Waals surface area contributed by atoms with Gasteiger partial charge in [0.15, 0.2) is 5.16 Å². The zero-order valence-electron chi connectivity index (χ0n) is 11.8. The summed E-state index contributed by atoms with van der Waals surface area (Å²) in [7, 11) is 0. The van der Waals surface area contributed by atoms with Crippen molar-refractivity contribution < 1.29 is 4.79 Å². The van der Waals surface area contributed by atoms with Crippen molar-refractivity contribution in [1.82, 2.24) is 14.9 Å². The number of hydrogen-bond acceptors (Lipinski definition) is 5. The van der Waals surface area contributed by atoms with Crippen molar-refractivity contribution in [3.05, 3.63) is 21.8 Å². The van der Waals surface area contributed by atoms with E-state index < -0.39 is 0 Å². The van der Waals surface area contributed by atoms with Gasteiger partial charge in [-0.05, 0) is 37.1 Å². The van der Waals surface area contributed by atoms with Gasteiger partial charge in [-0.1, -0.05) is 11.8 Å². The minimum Gasteiger partial charge on any atom is -0.355 e. The highest BCUT2D eigenvalue weighted by Crippen LogP contribution is 2.27. The van der Waals surface area contributed by atoms with Gasteiger partial charge in [0, 0.05) is 13.1 Å². The first-order valence-corrected chi connectivity index (χ1v) is 8.93. The minimum absolute atomic E-state index is 0.00853. The van der Waals surface area contributed by atoms with E-state index >= 15 is 0 Å². The first kappa shape index (κ1) is 14.6. The molecule has 5 nitrogen and oxygen atoms in total. The molecule has 1 amide bonds. The van der Waals surface area contributed by atoms with Crippen LogP contribution in [0.4, 0.5) is 0 Å². The van der Waals surface area contributed by atoms with Crippen molar-refractivity contribution in [2.45, 2.75) is 31.5 Å². The summed E-state index contributed by atoms with van der Waals surface area (Å²) in [6.45, 7) is 3.25. The minimum atomic E-state index is -0.0154. The van der Waals surface area contributed by atoms with Crippen molar-refractivity contribution in [3.8, 4) is 0 Å². The number of carbonyl (C=O) groups is 1. The fourth-order valence-corrected chi connectivity index (χ4v) is 3.75. The first-order chi connectivity index (χ1) is 10.2. The SMILES string of the molecule is CCn1c(SCC(=O)NCC2CC2)nc2ccsc2c1=O. The monoisotopic (exact) mass is 323 g/mol. The number of rotatable bonds is 6. The molecule has 0 spiro atoms. The van der Waals surface area contributed by atoms with Crippen LogP contribution in [0.1, 0.15) is 19.8 Å². The smallest absolute Gasteiger partial charge is 0.272 e. The fraction of sp³-hybridized carbons (Fsp3) is 0.500. The van der Waals surface area contributed by atoms with Gasteiger partial charge in [-0.3, -0.25) is 14.2 Å². The highest BCUT2D eigenvalue weighted by atomic mass is 32.2. The van der Waals surface area contributed by atoms with Crippen LogP contribution in [0.5, 0.6) is 0 Å². The molecular weight excluding hydrogens is 306 g/mol. The van der Waals surface area contributed by atoms with Crippen molar-refractivity contribution in [1.29, 1.82) is 0 Å². The number of amides is 1. The molecule has 1 aliphatic carbocycles. The molecule has 1 saturated carbocycles. The Balaban J connectivity index is 1.72. The first-order valence-electron chi connectivity index (χ1n) is 7.06. The molecule has 0 bridgehead atoms. The van der Waals surface area contributed by atoms with Crippen LogP contribution in [0, 0.1) is 5.92 Å². The molecular formula is C14H17N3O2S2. The second kappa shape index (κ2) is 6.19. The Kier molecular flexibility index (Phi) is 4.30. The normalized spacial score (nSPS) is 14.5. The van der Waals surface area contributed by atoms with Crippen molar-refractivity contribution in [2.75, 3.05) is 12.3 Å². The third-order valence-electron chi connectivity index (χ3n) is 3.46. The van der Waals surface area contributed by atoms with Crippen molar-refractivity contribution in [3.63, 3.8) is 0 Å². The fourth-order valence-electron chi connectivity index (χ4n) is 2.07. The molecule has 2 aromatic rings. The van der Waals surface area contributed by atoms with Gasteiger partial charge in [0.2, 0.25) is 5.91 Å². The van der Waals surface area contributed by atoms with E-state index in [9.17, 15) is 9.59 Å². The van der Waals surface area contributed by atoms with Crippen LogP contribution in [0.25, 0.3) is 10.2 Å². The molecule has 0 radical (unpaired) electrons. The molecule has 0 unspecified atom stereocenters. The maximum Gasteiger partial charge on any atom is 0.272 e. The van der Waals surface area contributed by atoms with Crippen molar-refractivity contribution in [2.24, 2.45) is 5.92 Å². The topological polar surface area (TPSA) is 64.0 Å². The molecule has 2 aromatic heterocycles. The molecule has 1 aliphatic rings. The zero-order valence-corrected chi connectivity index (χ0v) is 13.4. The van der Waals surface area contributed by atoms with E-state index in [0.717, 1.165) is 12.1 Å². The van der Waals surface area contributed by atoms with Crippen LogP contribution < -0.4 is 10.9 Å². The van der Waals surface area contributed by atoms with E-state index in [4.69, 9.17) is 0 Å². The van der Waals surface area contributed by atoms with Crippen LogP contribution in [0.3, 0.4) is 0 Å². The second-order valence-electron chi connectivity index (χ2n) is 5.11. The Hall–Kier alpha value is -1.34. The lowest BCUT2D eigenvalue weighted by Crippen LogP contribution is -2.28. The number of thioether (sulfide) groups is 1. The van der Waals surface area contributed by atoms with Crippen LogP contribution in [-0.4, -0.2) is 27.8 Å². The molecule has 2 heterocycles. The number of hydrogen-bond donors (Lipinski definition) is 1. The number of fused-ring (bicyclic) bond motifs is 1. The van der Waals surface area contributed by atoms with E-state index in [1.54, 1.807) is 4.57 Å². The molecule has 7 heteroatoms. The lowest BCUT2D eigenvalue weighted by molar-refractivity contribution is -0.118. The van der Waals surface area contributed by atoms with E-state index in [2.05, 4.69) is 10.3 Å². The summed E-state index contributed by atoms with van der Waals surface area (Å²) >= 11 is 2.74. The summed E-state index contributed by atoms with van der Waals surface area (Å²) in [6.07, 6.45) is 2.44. The van der Waals surface area contributed by atoms with Gasteiger partial charge in [-0.15, -0.1) is 11.3 Å². The largest absolute Gasteiger partial charge is 0.355 e. The summed E-state index contributed by atoms with van der Waals surface area (Å²) in [5, 5.41) is 5.42. The average Bonchev–Trinajstić information content (AvgIpc) is 3.19. The maximum atomic E-state index is 12.3. The highest BCUT2D eigenvalue weighted by molar-refractivity contribution is 7.99. The molecule has 1 N–H and O–H groups in total. The van der Waals surface area contributed by atoms with Gasteiger partial charge in [0.1, 0.15) is 4.70 Å². The van der Waals surface area contributed by atoms with E-state index in [-0.39, 0.29) is 11.5 Å². The lowest BCUT2D eigenvalue weighted by Gasteiger charge is -2.09. The van der Waals surface area contributed by atoms with Gasteiger partial charge >= 0.3 is 0 Å². The Labute approximate surface area is 130 Å². The van der Waals surface area contributed by atoms with Gasteiger partial charge in [-0.2, -0.15) is 0 Å². The number of nitrogens with zero attached hydrogens (tertiary/aromatic N) is 2. The Morgan fingerprint density at radius 1 is 1.57 bits per heavy atom. The Morgan fingerprint density at radius 3 is 3.10 bits per heavy atom. The quantitative estimate of drug-likeness (QED) is 0.653. The molecule has 112 valence electrons. The summed E-state index contributed by atoms with van der Waals surface area (Å²) < 4.78 is 2.32. The zero-order chi connectivity index (χ0) is 14.8. The van der Waals surface area contributed by atoms with Gasteiger partial charge in [0.25, 0.3) is 5.56 Å². The average molecular weight is 323 g/mol. The van der Waals surface area contributed by atoms with Crippen LogP contribution in [0.2, 0.25) is 0 Å². The molecule has 1 fully saturated rings. The van der Waals surface area contributed by atoms with Crippen LogP contribution in [0.15, 0.2) is 21.4 Å². The van der Waals surface area contributed by atoms with E-state index in [1.165, 1.54) is 35.9 Å². The molecule has 0 atom stereocenters. The predicted octanol–water partition coefficient (Wildman–Crippen LogP) is 2.10. The van der Waals surface area contributed by atoms with Gasteiger partial charge < -0.3 is 5.32 Å². The maximum absolute atomic E-state index is 12.3. The standard InChI is InChI=1S/C14H17N3O2S2/c1-2-17-13(19)12-10(5-6-20-12)16-14(17)21-8-11(18)15-7-9-3-4-9/h5-6,9H,2-4,7-8H2,1H3,(H,15,18). The number of aromatic nitrogens is 2. The Bertz CT molecular complexity index is 719. The number of thiophene rings is 1. The molecule has 21 heavy (non-hydrogen) atoms. The number of nitrogens with one attached hydrogen (secondary N) is 1. The van der Waals surface area contributed by atoms with Crippen molar-refractivity contribution >= 4 is 39.2 Å². The van der Waals surface area contributed by atoms with Gasteiger partial charge in [0.05, 0.1) is 11.3 Å². The third-order valence-corrected chi connectivity index (χ3v) is 5.33. The number of carbonyl (C=O) groups excluding carboxylic acids is 1. The second-order valence-corrected chi connectivity index (χ2v) is 6.97. The molecule has 0 saturated heterocycles. The molecule has 0 aliphatic heterocycles. The van der Waals surface area contributed by atoms with Crippen LogP contribution >= 0.6 is 23.1 Å². The lowest BCUT2D eigenvalue weighted by atomic mass is 10.4. The summed E-state index contributed by atoms with van der Waals surface area (Å²) in [4.78, 5) is 28.6. The molecule has 3 rings (SSSR count). The summed E-state index contributed by atoms with van der Waals surface area (Å²) in [6, 6.07) is 1.85. The van der Waals surface area contributed by atoms with Gasteiger partial charge in [-0.25, -0.2) is 4.98 Å². The predicted molar refractivity (Wildman–Crippen MR) is 86.0 cm³/mol. The highest BCUT2D eigenvalue weighted by Gasteiger charge is 2.21. The Morgan fingerprint density at radius 2 is 2.38 bits per heavy atom. The summed E-state index contributed by atoms with van der Waals surface area (Å²) in [5.41, 5.74) is 0.703. The van der Waals surface area contributed by atoms with E-state index in [1.807, 2.05) is 18.4 Å². The third kappa shape index (κ3) is 3.29. The van der Waals surface area contributed by atoms with E-state index in [0.29, 0.717) is 28.1 Å². The summed E-state index contributed by atoms with van der Waals surface area (Å²) in [5.74, 6) is 0.983.